The molecule has 0 spiro atoms. The number of guanidine groups is 1. The van der Waals surface area contributed by atoms with E-state index in [1.54, 1.807) is 0 Å². The number of carbonyl (C=O) groups is 1. The zero-order valence-electron chi connectivity index (χ0n) is 11.2. The first-order valence-corrected chi connectivity index (χ1v) is 5.53. The number of aliphatic imine (C=N–C) groups is 1. The molecule has 94 valence electrons. The molecule has 1 N–H and O–H groups in total. The zero-order chi connectivity index (χ0) is 12.7. The maximum Gasteiger partial charge on any atom is 0.222 e. The van der Waals surface area contributed by atoms with Crippen LogP contribution in [-0.4, -0.2) is 62.4 Å². The van der Waals surface area contributed by atoms with Gasteiger partial charge in [0.05, 0.1) is 6.54 Å². The third-order valence-electron chi connectivity index (χ3n) is 1.84. The molecule has 0 heterocycles. The normalized spacial score (nSPS) is 9.94. The largest absolute Gasteiger partial charge is 0.354 e. The molecular weight excluding hydrogens is 204 g/mol. The molecule has 0 aromatic carbocycles. The van der Waals surface area contributed by atoms with Crippen LogP contribution in [-0.2, 0) is 4.79 Å². The fourth-order valence-corrected chi connectivity index (χ4v) is 1.33. The van der Waals surface area contributed by atoms with E-state index in [2.05, 4.69) is 10.3 Å². The quantitative estimate of drug-likeness (QED) is 0.559. The van der Waals surface area contributed by atoms with Gasteiger partial charge in [-0.1, -0.05) is 0 Å². The first kappa shape index (κ1) is 14.7. The Balaban J connectivity index is 4.10. The van der Waals surface area contributed by atoms with Crippen molar-refractivity contribution in [2.75, 3.05) is 34.7 Å². The molecule has 0 saturated carbocycles. The molecule has 5 heteroatoms. The number of amides is 1. The second-order valence-corrected chi connectivity index (χ2v) is 4.44. The number of carbonyl (C=O) groups excluding carboxylic acids is 1. The highest BCUT2D eigenvalue weighted by molar-refractivity contribution is 5.80. The summed E-state index contributed by atoms with van der Waals surface area (Å²) in [5.41, 5.74) is 0. The van der Waals surface area contributed by atoms with Crippen LogP contribution in [0.3, 0.4) is 0 Å². The van der Waals surface area contributed by atoms with Gasteiger partial charge in [0.1, 0.15) is 0 Å². The van der Waals surface area contributed by atoms with Crippen molar-refractivity contribution < 1.29 is 4.79 Å². The number of nitrogens with zero attached hydrogens (tertiary/aromatic N) is 3. The third-order valence-corrected chi connectivity index (χ3v) is 1.84. The van der Waals surface area contributed by atoms with Crippen molar-refractivity contribution in [3.8, 4) is 0 Å². The van der Waals surface area contributed by atoms with Gasteiger partial charge in [-0.05, 0) is 13.8 Å². The fraction of sp³-hybridized carbons (Fsp3) is 0.818. The molecule has 0 bridgehead atoms. The van der Waals surface area contributed by atoms with E-state index in [9.17, 15) is 4.79 Å². The Hall–Kier alpha value is -1.26. The summed E-state index contributed by atoms with van der Waals surface area (Å²) in [4.78, 5) is 19.6. The van der Waals surface area contributed by atoms with E-state index in [1.165, 1.54) is 0 Å². The summed E-state index contributed by atoms with van der Waals surface area (Å²) in [5, 5.41) is 2.84. The molecule has 0 atom stereocenters. The minimum absolute atomic E-state index is 0.0515. The molecule has 5 nitrogen and oxygen atoms in total. The van der Waals surface area contributed by atoms with Gasteiger partial charge in [0.15, 0.2) is 5.96 Å². The van der Waals surface area contributed by atoms with Crippen LogP contribution in [0.2, 0.25) is 0 Å². The molecule has 0 rings (SSSR count). The molecule has 0 aliphatic heterocycles. The molecule has 0 aromatic rings. The highest BCUT2D eigenvalue weighted by Gasteiger charge is 2.05. The summed E-state index contributed by atoms with van der Waals surface area (Å²) in [7, 11) is 7.75. The second-order valence-electron chi connectivity index (χ2n) is 4.44. The van der Waals surface area contributed by atoms with Gasteiger partial charge in [-0.3, -0.25) is 9.79 Å². The van der Waals surface area contributed by atoms with Crippen LogP contribution in [0.15, 0.2) is 4.99 Å². The molecule has 1 amide bonds. The summed E-state index contributed by atoms with van der Waals surface area (Å²) in [5.74, 6) is 0.924. The molecule has 0 aliphatic carbocycles. The zero-order valence-corrected chi connectivity index (χ0v) is 11.2. The summed E-state index contributed by atoms with van der Waals surface area (Å²) in [6.45, 7) is 4.42. The van der Waals surface area contributed by atoms with Crippen molar-refractivity contribution in [2.24, 2.45) is 4.99 Å². The van der Waals surface area contributed by atoms with Crippen molar-refractivity contribution >= 4 is 11.9 Å². The minimum atomic E-state index is 0.0515. The van der Waals surface area contributed by atoms with Crippen molar-refractivity contribution in [2.45, 2.75) is 26.3 Å². The summed E-state index contributed by atoms with van der Waals surface area (Å²) in [6.07, 6.45) is 0.434. The highest BCUT2D eigenvalue weighted by atomic mass is 16.1. The smallest absolute Gasteiger partial charge is 0.222 e. The number of hydrogen-bond donors (Lipinski definition) is 1. The van der Waals surface area contributed by atoms with Crippen LogP contribution < -0.4 is 5.32 Å². The van der Waals surface area contributed by atoms with Crippen molar-refractivity contribution in [3.63, 3.8) is 0 Å². The minimum Gasteiger partial charge on any atom is -0.354 e. The van der Waals surface area contributed by atoms with Crippen LogP contribution in [0.25, 0.3) is 0 Å². The van der Waals surface area contributed by atoms with Gasteiger partial charge in [-0.15, -0.1) is 0 Å². The Morgan fingerprint density at radius 2 is 1.69 bits per heavy atom. The molecule has 0 unspecified atom stereocenters. The monoisotopic (exact) mass is 228 g/mol. The first-order valence-electron chi connectivity index (χ1n) is 5.53. The van der Waals surface area contributed by atoms with Gasteiger partial charge in [-0.2, -0.15) is 0 Å². The SMILES string of the molecule is CC(C)NC(=O)CCN=C(N(C)C)N(C)C. The number of nitrogens with one attached hydrogen (secondary N) is 1. The second kappa shape index (κ2) is 7.09. The van der Waals surface area contributed by atoms with E-state index < -0.39 is 0 Å². The Labute approximate surface area is 98.5 Å². The molecule has 0 aromatic heterocycles. The van der Waals surface area contributed by atoms with Crippen molar-refractivity contribution in [3.05, 3.63) is 0 Å². The summed E-state index contributed by atoms with van der Waals surface area (Å²) >= 11 is 0. The predicted molar refractivity (Wildman–Crippen MR) is 67.6 cm³/mol. The lowest BCUT2D eigenvalue weighted by molar-refractivity contribution is -0.121. The van der Waals surface area contributed by atoms with E-state index in [1.807, 2.05) is 51.8 Å². The average Bonchev–Trinajstić information content (AvgIpc) is 2.09. The standard InChI is InChI=1S/C11H24N4O/c1-9(2)13-10(16)7-8-12-11(14(3)4)15(5)6/h9H,7-8H2,1-6H3,(H,13,16). The van der Waals surface area contributed by atoms with Gasteiger partial charge >= 0.3 is 0 Å². The van der Waals surface area contributed by atoms with Gasteiger partial charge in [0, 0.05) is 40.7 Å². The van der Waals surface area contributed by atoms with Gasteiger partial charge in [-0.25, -0.2) is 0 Å². The maximum absolute atomic E-state index is 11.4. The Morgan fingerprint density at radius 3 is 2.06 bits per heavy atom. The van der Waals surface area contributed by atoms with E-state index in [0.717, 1.165) is 5.96 Å². The van der Waals surface area contributed by atoms with Crippen molar-refractivity contribution in [1.82, 2.24) is 15.1 Å². The summed E-state index contributed by atoms with van der Waals surface area (Å²) in [6, 6.07) is 0.193. The van der Waals surface area contributed by atoms with Crippen molar-refractivity contribution in [1.29, 1.82) is 0 Å². The van der Waals surface area contributed by atoms with Crippen LogP contribution in [0.4, 0.5) is 0 Å². The van der Waals surface area contributed by atoms with Crippen LogP contribution in [0.5, 0.6) is 0 Å². The Bertz CT molecular complexity index is 236. The van der Waals surface area contributed by atoms with E-state index >= 15 is 0 Å². The summed E-state index contributed by atoms with van der Waals surface area (Å²) < 4.78 is 0. The van der Waals surface area contributed by atoms with Gasteiger partial charge in [0.25, 0.3) is 0 Å². The maximum atomic E-state index is 11.4. The first-order chi connectivity index (χ1) is 7.34. The lowest BCUT2D eigenvalue weighted by atomic mass is 10.3. The van der Waals surface area contributed by atoms with E-state index in [-0.39, 0.29) is 11.9 Å². The molecule has 0 fully saturated rings. The molecular formula is C11H24N4O. The van der Waals surface area contributed by atoms with E-state index in [0.29, 0.717) is 13.0 Å². The lowest BCUT2D eigenvalue weighted by Gasteiger charge is -2.22. The molecule has 0 radical (unpaired) electrons. The molecule has 0 saturated heterocycles. The van der Waals surface area contributed by atoms with Gasteiger partial charge < -0.3 is 15.1 Å². The van der Waals surface area contributed by atoms with Crippen LogP contribution in [0.1, 0.15) is 20.3 Å². The number of hydrogen-bond acceptors (Lipinski definition) is 2. The Kier molecular flexibility index (Phi) is 6.53. The van der Waals surface area contributed by atoms with Crippen LogP contribution in [0, 0.1) is 0 Å². The third kappa shape index (κ3) is 6.27. The molecule has 0 aliphatic rings. The topological polar surface area (TPSA) is 47.9 Å². The Morgan fingerprint density at radius 1 is 1.19 bits per heavy atom. The fourth-order valence-electron chi connectivity index (χ4n) is 1.33. The van der Waals surface area contributed by atoms with E-state index in [4.69, 9.17) is 0 Å². The number of rotatable bonds is 4. The van der Waals surface area contributed by atoms with Crippen LogP contribution >= 0.6 is 0 Å². The highest BCUT2D eigenvalue weighted by Crippen LogP contribution is 1.91. The average molecular weight is 228 g/mol. The lowest BCUT2D eigenvalue weighted by Crippen LogP contribution is -2.36. The van der Waals surface area contributed by atoms with Gasteiger partial charge in [0.2, 0.25) is 5.91 Å². The predicted octanol–water partition coefficient (Wildman–Crippen LogP) is 0.380. The molecule has 16 heavy (non-hydrogen) atoms.